The second kappa shape index (κ2) is 5.52. The minimum atomic E-state index is -0.532. The molecule has 2 N–H and O–H groups in total. The molecule has 3 nitrogen and oxygen atoms in total. The average Bonchev–Trinajstić information content (AvgIpc) is 3.09. The molecule has 0 spiro atoms. The number of carbonyl (C=O) groups is 1. The molecule has 1 aromatic heterocycles. The summed E-state index contributed by atoms with van der Waals surface area (Å²) >= 11 is 1.62. The van der Waals surface area contributed by atoms with Crippen molar-refractivity contribution in [2.45, 2.75) is 44.2 Å². The van der Waals surface area contributed by atoms with Crippen LogP contribution in [-0.2, 0) is 19.3 Å². The Labute approximate surface area is 134 Å². The molecule has 1 aromatic carbocycles. The lowest BCUT2D eigenvalue weighted by Crippen LogP contribution is -2.33. The molecule has 0 saturated carbocycles. The van der Waals surface area contributed by atoms with E-state index >= 15 is 0 Å². The third-order valence-electron chi connectivity index (χ3n) is 4.71. The van der Waals surface area contributed by atoms with Crippen molar-refractivity contribution >= 4 is 17.2 Å². The highest BCUT2D eigenvalue weighted by atomic mass is 32.1. The first-order valence-electron chi connectivity index (χ1n) is 7.90. The van der Waals surface area contributed by atoms with Crippen LogP contribution in [0.2, 0.25) is 0 Å². The Bertz CT molecular complexity index is 698. The van der Waals surface area contributed by atoms with Gasteiger partial charge in [-0.05, 0) is 48.4 Å². The fourth-order valence-corrected chi connectivity index (χ4v) is 4.72. The van der Waals surface area contributed by atoms with Gasteiger partial charge in [0.05, 0.1) is 17.0 Å². The van der Waals surface area contributed by atoms with E-state index in [-0.39, 0.29) is 11.9 Å². The number of aryl methyl sites for hydroxylation is 2. The average molecular weight is 313 g/mol. The van der Waals surface area contributed by atoms with E-state index in [0.29, 0.717) is 6.42 Å². The summed E-state index contributed by atoms with van der Waals surface area (Å²) in [6, 6.07) is 9.71. The van der Waals surface area contributed by atoms with Gasteiger partial charge in [-0.2, -0.15) is 0 Å². The lowest BCUT2D eigenvalue weighted by molar-refractivity contribution is 0.0862. The zero-order valence-corrected chi connectivity index (χ0v) is 13.2. The van der Waals surface area contributed by atoms with Gasteiger partial charge >= 0.3 is 0 Å². The maximum atomic E-state index is 12.6. The highest BCUT2D eigenvalue weighted by Crippen LogP contribution is 2.33. The normalized spacial score (nSPS) is 23.0. The Morgan fingerprint density at radius 1 is 1.18 bits per heavy atom. The molecule has 114 valence electrons. The molecule has 0 aliphatic heterocycles. The summed E-state index contributed by atoms with van der Waals surface area (Å²) in [6.07, 6.45) is 4.72. The third-order valence-corrected chi connectivity index (χ3v) is 5.95. The quantitative estimate of drug-likeness (QED) is 0.895. The second-order valence-corrected chi connectivity index (χ2v) is 7.32. The molecule has 1 amide bonds. The molecule has 0 saturated heterocycles. The van der Waals surface area contributed by atoms with Crippen LogP contribution in [0.1, 0.15) is 50.1 Å². The summed E-state index contributed by atoms with van der Waals surface area (Å²) in [5, 5.41) is 13.3. The Hall–Kier alpha value is -1.65. The number of benzene rings is 1. The van der Waals surface area contributed by atoms with Crippen molar-refractivity contribution in [3.05, 3.63) is 56.8 Å². The van der Waals surface area contributed by atoms with E-state index < -0.39 is 6.10 Å². The van der Waals surface area contributed by atoms with E-state index in [4.69, 9.17) is 0 Å². The highest BCUT2D eigenvalue weighted by Gasteiger charge is 2.32. The van der Waals surface area contributed by atoms with Crippen LogP contribution < -0.4 is 5.32 Å². The zero-order chi connectivity index (χ0) is 15.1. The minimum Gasteiger partial charge on any atom is -0.390 e. The van der Waals surface area contributed by atoms with Crippen LogP contribution in [0.4, 0.5) is 0 Å². The zero-order valence-electron chi connectivity index (χ0n) is 12.3. The summed E-state index contributed by atoms with van der Waals surface area (Å²) in [4.78, 5) is 14.7. The molecule has 4 heteroatoms. The first kappa shape index (κ1) is 14.0. The van der Waals surface area contributed by atoms with Crippen LogP contribution in [-0.4, -0.2) is 17.1 Å². The van der Waals surface area contributed by atoms with Crippen molar-refractivity contribution in [1.29, 1.82) is 0 Å². The van der Waals surface area contributed by atoms with Crippen molar-refractivity contribution < 1.29 is 9.90 Å². The number of carbonyl (C=O) groups excluding carboxylic acids is 1. The fraction of sp³-hybridized carbons (Fsp3) is 0.389. The van der Waals surface area contributed by atoms with E-state index in [1.165, 1.54) is 23.3 Å². The summed E-state index contributed by atoms with van der Waals surface area (Å²) in [5.41, 5.74) is 3.52. The van der Waals surface area contributed by atoms with Crippen LogP contribution in [0.3, 0.4) is 0 Å². The maximum Gasteiger partial charge on any atom is 0.261 e. The van der Waals surface area contributed by atoms with Gasteiger partial charge in [0.1, 0.15) is 0 Å². The molecule has 2 aliphatic rings. The van der Waals surface area contributed by atoms with Crippen molar-refractivity contribution in [2.24, 2.45) is 0 Å². The van der Waals surface area contributed by atoms with Crippen LogP contribution in [0.15, 0.2) is 30.3 Å². The van der Waals surface area contributed by atoms with Crippen molar-refractivity contribution in [1.82, 2.24) is 5.32 Å². The number of nitrogens with one attached hydrogen (secondary N) is 1. The number of fused-ring (bicyclic) bond motifs is 2. The topological polar surface area (TPSA) is 49.3 Å². The monoisotopic (exact) mass is 313 g/mol. The molecule has 22 heavy (non-hydrogen) atoms. The molecule has 0 unspecified atom stereocenters. The van der Waals surface area contributed by atoms with Crippen LogP contribution in [0.5, 0.6) is 0 Å². The lowest BCUT2D eigenvalue weighted by Gasteiger charge is -2.17. The van der Waals surface area contributed by atoms with Gasteiger partial charge in [-0.15, -0.1) is 11.3 Å². The molecule has 2 aliphatic carbocycles. The summed E-state index contributed by atoms with van der Waals surface area (Å²) in [5.74, 6) is -0.0554. The van der Waals surface area contributed by atoms with Crippen LogP contribution in [0, 0.1) is 0 Å². The van der Waals surface area contributed by atoms with E-state index in [2.05, 4.69) is 5.32 Å². The van der Waals surface area contributed by atoms with Gasteiger partial charge in [-0.1, -0.05) is 24.3 Å². The molecule has 0 radical (unpaired) electrons. The number of amides is 1. The molecule has 0 fully saturated rings. The number of thiophene rings is 1. The Morgan fingerprint density at radius 2 is 2.00 bits per heavy atom. The van der Waals surface area contributed by atoms with E-state index in [9.17, 15) is 9.90 Å². The standard InChI is InChI=1S/C18H19NO2S/c20-14-9-11-5-1-3-7-13(11)17(14)19-18(21)16-10-12-6-2-4-8-15(12)22-16/h1,3,5,7,10,14,17,20H,2,4,6,8-9H2,(H,19,21)/t14-,17-/m1/s1. The van der Waals surface area contributed by atoms with E-state index in [1.807, 2.05) is 30.3 Å². The predicted octanol–water partition coefficient (Wildman–Crippen LogP) is 3.02. The third kappa shape index (κ3) is 2.36. The van der Waals surface area contributed by atoms with Crippen LogP contribution >= 0.6 is 11.3 Å². The largest absolute Gasteiger partial charge is 0.390 e. The van der Waals surface area contributed by atoms with Gasteiger partial charge in [-0.3, -0.25) is 4.79 Å². The van der Waals surface area contributed by atoms with Crippen molar-refractivity contribution in [3.8, 4) is 0 Å². The second-order valence-electron chi connectivity index (χ2n) is 6.19. The van der Waals surface area contributed by atoms with Gasteiger partial charge in [0, 0.05) is 11.3 Å². The van der Waals surface area contributed by atoms with Crippen molar-refractivity contribution in [3.63, 3.8) is 0 Å². The Morgan fingerprint density at radius 3 is 2.86 bits per heavy atom. The predicted molar refractivity (Wildman–Crippen MR) is 87.3 cm³/mol. The number of hydrogen-bond acceptors (Lipinski definition) is 3. The maximum absolute atomic E-state index is 12.6. The number of rotatable bonds is 2. The first-order valence-corrected chi connectivity index (χ1v) is 8.72. The van der Waals surface area contributed by atoms with Gasteiger partial charge < -0.3 is 10.4 Å². The fourth-order valence-electron chi connectivity index (χ4n) is 3.56. The van der Waals surface area contributed by atoms with E-state index in [0.717, 1.165) is 28.8 Å². The summed E-state index contributed by atoms with van der Waals surface area (Å²) in [7, 11) is 0. The molecule has 0 bridgehead atoms. The van der Waals surface area contributed by atoms with Gasteiger partial charge in [0.2, 0.25) is 0 Å². The lowest BCUT2D eigenvalue weighted by atomic mass is 9.99. The van der Waals surface area contributed by atoms with Crippen molar-refractivity contribution in [2.75, 3.05) is 0 Å². The first-order chi connectivity index (χ1) is 10.7. The Balaban J connectivity index is 1.56. The smallest absolute Gasteiger partial charge is 0.261 e. The van der Waals surface area contributed by atoms with Gasteiger partial charge in [-0.25, -0.2) is 0 Å². The molecular weight excluding hydrogens is 294 g/mol. The van der Waals surface area contributed by atoms with Crippen LogP contribution in [0.25, 0.3) is 0 Å². The SMILES string of the molecule is O=C(N[C@@H]1c2ccccc2C[C@H]1O)c1cc2c(s1)CCCC2. The molecule has 2 aromatic rings. The number of aliphatic hydroxyl groups is 1. The molecule has 4 rings (SSSR count). The molecule has 1 heterocycles. The Kier molecular flexibility index (Phi) is 3.51. The van der Waals surface area contributed by atoms with Gasteiger partial charge in [0.25, 0.3) is 5.91 Å². The minimum absolute atomic E-state index is 0.0554. The summed E-state index contributed by atoms with van der Waals surface area (Å²) < 4.78 is 0. The highest BCUT2D eigenvalue weighted by molar-refractivity contribution is 7.14. The number of aliphatic hydroxyl groups excluding tert-OH is 1. The van der Waals surface area contributed by atoms with E-state index in [1.54, 1.807) is 11.3 Å². The molecule has 2 atom stereocenters. The number of hydrogen-bond donors (Lipinski definition) is 2. The van der Waals surface area contributed by atoms with Gasteiger partial charge in [0.15, 0.2) is 0 Å². The summed E-state index contributed by atoms with van der Waals surface area (Å²) in [6.45, 7) is 0. The molecular formula is C18H19NO2S.